The van der Waals surface area contributed by atoms with Crippen LogP contribution >= 0.6 is 0 Å². The number of hydrogen-bond donors (Lipinski definition) is 3. The van der Waals surface area contributed by atoms with Crippen molar-refractivity contribution in [3.63, 3.8) is 0 Å². The highest BCUT2D eigenvalue weighted by molar-refractivity contribution is 7.90. The highest BCUT2D eigenvalue weighted by atomic mass is 32.2. The van der Waals surface area contributed by atoms with Crippen LogP contribution in [-0.4, -0.2) is 26.3 Å². The Morgan fingerprint density at radius 1 is 0.943 bits per heavy atom. The molecule has 3 aromatic carbocycles. The van der Waals surface area contributed by atoms with Gasteiger partial charge in [-0.25, -0.2) is 13.1 Å². The third-order valence-corrected chi connectivity index (χ3v) is 6.41. The smallest absolute Gasteiger partial charge is 0.264 e. The number of hydrogen-bond acceptors (Lipinski definition) is 6. The van der Waals surface area contributed by atoms with Gasteiger partial charge >= 0.3 is 0 Å². The second-order valence-corrected chi connectivity index (χ2v) is 10.2. The number of ether oxygens (including phenoxy) is 1. The van der Waals surface area contributed by atoms with Crippen molar-refractivity contribution >= 4 is 27.5 Å². The van der Waals surface area contributed by atoms with Crippen molar-refractivity contribution in [1.82, 2.24) is 4.72 Å². The van der Waals surface area contributed by atoms with Crippen molar-refractivity contribution in [2.75, 3.05) is 5.32 Å². The maximum absolute atomic E-state index is 12.6. The van der Waals surface area contributed by atoms with Crippen LogP contribution in [0.2, 0.25) is 0 Å². The molecule has 35 heavy (non-hydrogen) atoms. The van der Waals surface area contributed by atoms with Crippen LogP contribution in [0, 0.1) is 5.92 Å². The summed E-state index contributed by atoms with van der Waals surface area (Å²) in [6, 6.07) is 21.0. The highest BCUT2D eigenvalue weighted by Crippen LogP contribution is 2.19. The van der Waals surface area contributed by atoms with Gasteiger partial charge in [0.05, 0.1) is 10.9 Å². The topological polar surface area (TPSA) is 128 Å². The van der Waals surface area contributed by atoms with Gasteiger partial charge in [0.25, 0.3) is 21.8 Å². The van der Waals surface area contributed by atoms with E-state index in [1.54, 1.807) is 30.3 Å². The van der Waals surface area contributed by atoms with Gasteiger partial charge in [-0.15, -0.1) is 0 Å². The molecular weight excluding hydrogens is 466 g/mol. The standard InChI is InChI=1S/C26H29N3O5S/c1-18(2)15-24(27)26(31)29-35(32,33)23-10-6-9-21(16-23)28-25(30)20-11-13-22(14-12-20)34-17-19-7-4-3-5-8-19/h3-14,16,18,24H,15,17,27H2,1-2H3,(H,28,30)(H,29,31)/t24-/m0/s1. The Morgan fingerprint density at radius 2 is 1.63 bits per heavy atom. The quantitative estimate of drug-likeness (QED) is 0.394. The van der Waals surface area contributed by atoms with Gasteiger partial charge in [0.15, 0.2) is 0 Å². The molecule has 0 aliphatic heterocycles. The van der Waals surface area contributed by atoms with Crippen molar-refractivity contribution in [3.05, 3.63) is 90.0 Å². The van der Waals surface area contributed by atoms with Gasteiger partial charge < -0.3 is 15.8 Å². The van der Waals surface area contributed by atoms with E-state index in [4.69, 9.17) is 10.5 Å². The molecule has 0 bridgehead atoms. The normalized spacial score (nSPS) is 12.1. The number of carbonyl (C=O) groups is 2. The maximum atomic E-state index is 12.6. The minimum absolute atomic E-state index is 0.140. The van der Waals surface area contributed by atoms with Gasteiger partial charge in [0, 0.05) is 11.3 Å². The van der Waals surface area contributed by atoms with Crippen molar-refractivity contribution in [2.24, 2.45) is 11.7 Å². The minimum Gasteiger partial charge on any atom is -0.489 e. The molecule has 184 valence electrons. The molecule has 2 amide bonds. The molecule has 0 aliphatic carbocycles. The van der Waals surface area contributed by atoms with E-state index in [1.165, 1.54) is 18.2 Å². The molecule has 3 aromatic rings. The van der Waals surface area contributed by atoms with E-state index in [9.17, 15) is 18.0 Å². The lowest BCUT2D eigenvalue weighted by Gasteiger charge is -2.15. The fraction of sp³-hybridized carbons (Fsp3) is 0.231. The summed E-state index contributed by atoms with van der Waals surface area (Å²) < 4.78 is 33.0. The average Bonchev–Trinajstić information content (AvgIpc) is 2.83. The zero-order valence-electron chi connectivity index (χ0n) is 19.6. The molecular formula is C26H29N3O5S. The zero-order chi connectivity index (χ0) is 25.4. The molecule has 0 radical (unpaired) electrons. The molecule has 0 spiro atoms. The highest BCUT2D eigenvalue weighted by Gasteiger charge is 2.23. The molecule has 0 aliphatic rings. The monoisotopic (exact) mass is 495 g/mol. The van der Waals surface area contributed by atoms with Crippen LogP contribution in [-0.2, 0) is 21.4 Å². The maximum Gasteiger partial charge on any atom is 0.264 e. The van der Waals surface area contributed by atoms with E-state index in [2.05, 4.69) is 5.32 Å². The molecule has 3 rings (SSSR count). The largest absolute Gasteiger partial charge is 0.489 e. The van der Waals surface area contributed by atoms with Crippen molar-refractivity contribution in [2.45, 2.75) is 37.8 Å². The van der Waals surface area contributed by atoms with Crippen LogP contribution in [0.5, 0.6) is 5.75 Å². The second-order valence-electron chi connectivity index (χ2n) is 8.49. The van der Waals surface area contributed by atoms with E-state index in [0.717, 1.165) is 5.56 Å². The summed E-state index contributed by atoms with van der Waals surface area (Å²) in [5.41, 5.74) is 7.45. The van der Waals surface area contributed by atoms with E-state index in [1.807, 2.05) is 48.9 Å². The van der Waals surface area contributed by atoms with Crippen molar-refractivity contribution < 1.29 is 22.7 Å². The van der Waals surface area contributed by atoms with Gasteiger partial charge in [-0.3, -0.25) is 9.59 Å². The van der Waals surface area contributed by atoms with E-state index in [0.29, 0.717) is 24.3 Å². The van der Waals surface area contributed by atoms with Gasteiger partial charge in [-0.1, -0.05) is 50.2 Å². The number of sulfonamides is 1. The Bertz CT molecular complexity index is 1260. The molecule has 9 heteroatoms. The van der Waals surface area contributed by atoms with E-state index < -0.39 is 27.9 Å². The number of nitrogens with two attached hydrogens (primary N) is 1. The van der Waals surface area contributed by atoms with E-state index >= 15 is 0 Å². The van der Waals surface area contributed by atoms with Gasteiger partial charge in [0.1, 0.15) is 12.4 Å². The first-order valence-electron chi connectivity index (χ1n) is 11.1. The van der Waals surface area contributed by atoms with Gasteiger partial charge in [-0.05, 0) is 60.4 Å². The Labute approximate surface area is 205 Å². The molecule has 0 saturated carbocycles. The van der Waals surface area contributed by atoms with Crippen LogP contribution in [0.4, 0.5) is 5.69 Å². The lowest BCUT2D eigenvalue weighted by molar-refractivity contribution is -0.120. The Morgan fingerprint density at radius 3 is 2.29 bits per heavy atom. The summed E-state index contributed by atoms with van der Waals surface area (Å²) in [6.07, 6.45) is 0.355. The first kappa shape index (κ1) is 25.9. The summed E-state index contributed by atoms with van der Waals surface area (Å²) in [6.45, 7) is 4.19. The van der Waals surface area contributed by atoms with E-state index in [-0.39, 0.29) is 16.5 Å². The number of amides is 2. The molecule has 1 atom stereocenters. The fourth-order valence-electron chi connectivity index (χ4n) is 3.27. The lowest BCUT2D eigenvalue weighted by Crippen LogP contribution is -2.43. The van der Waals surface area contributed by atoms with Crippen molar-refractivity contribution in [1.29, 1.82) is 0 Å². The summed E-state index contributed by atoms with van der Waals surface area (Å²) in [4.78, 5) is 24.7. The number of rotatable bonds is 10. The van der Waals surface area contributed by atoms with Gasteiger partial charge in [-0.2, -0.15) is 0 Å². The van der Waals surface area contributed by atoms with Crippen LogP contribution in [0.1, 0.15) is 36.2 Å². The predicted molar refractivity (Wildman–Crippen MR) is 134 cm³/mol. The first-order chi connectivity index (χ1) is 16.6. The van der Waals surface area contributed by atoms with Crippen LogP contribution in [0.25, 0.3) is 0 Å². The first-order valence-corrected chi connectivity index (χ1v) is 12.6. The zero-order valence-corrected chi connectivity index (χ0v) is 20.4. The fourth-order valence-corrected chi connectivity index (χ4v) is 4.34. The van der Waals surface area contributed by atoms with Gasteiger partial charge in [0.2, 0.25) is 0 Å². The third-order valence-electron chi connectivity index (χ3n) is 5.06. The average molecular weight is 496 g/mol. The molecule has 0 saturated heterocycles. The predicted octanol–water partition coefficient (Wildman–Crippen LogP) is 3.70. The molecule has 0 unspecified atom stereocenters. The second kappa shape index (κ2) is 11.6. The van der Waals surface area contributed by atoms with Crippen molar-refractivity contribution in [3.8, 4) is 5.75 Å². The molecule has 0 heterocycles. The summed E-state index contributed by atoms with van der Waals surface area (Å²) in [5.74, 6) is -0.439. The number of benzene rings is 3. The summed E-state index contributed by atoms with van der Waals surface area (Å²) in [5, 5.41) is 2.67. The minimum atomic E-state index is -4.15. The van der Waals surface area contributed by atoms with Crippen LogP contribution < -0.4 is 20.5 Å². The van der Waals surface area contributed by atoms with Crippen LogP contribution in [0.3, 0.4) is 0 Å². The number of anilines is 1. The van der Waals surface area contributed by atoms with Crippen LogP contribution in [0.15, 0.2) is 83.8 Å². The SMILES string of the molecule is CC(C)C[C@H](N)C(=O)NS(=O)(=O)c1cccc(NC(=O)c2ccc(OCc3ccccc3)cc2)c1. The Kier molecular flexibility index (Phi) is 8.62. The Balaban J connectivity index is 1.62. The molecule has 4 N–H and O–H groups in total. The lowest BCUT2D eigenvalue weighted by atomic mass is 10.0. The third kappa shape index (κ3) is 7.66. The molecule has 0 aromatic heterocycles. The molecule has 8 nitrogen and oxygen atoms in total. The molecule has 0 fully saturated rings. The summed E-state index contributed by atoms with van der Waals surface area (Å²) in [7, 11) is -4.15. The number of carbonyl (C=O) groups excluding carboxylic acids is 2. The number of nitrogens with one attached hydrogen (secondary N) is 2. The Hall–Kier alpha value is -3.69. The summed E-state index contributed by atoms with van der Waals surface area (Å²) >= 11 is 0.